The van der Waals surface area contributed by atoms with E-state index >= 15 is 0 Å². The summed E-state index contributed by atoms with van der Waals surface area (Å²) in [5.41, 5.74) is -0.616. The van der Waals surface area contributed by atoms with Gasteiger partial charge in [0.05, 0.1) is 6.42 Å². The van der Waals surface area contributed by atoms with Crippen molar-refractivity contribution in [1.29, 1.82) is 0 Å². The van der Waals surface area contributed by atoms with Crippen LogP contribution in [0.2, 0.25) is 0 Å². The van der Waals surface area contributed by atoms with Crippen LogP contribution in [0.1, 0.15) is 31.4 Å². The van der Waals surface area contributed by atoms with E-state index in [-0.39, 0.29) is 17.5 Å². The predicted molar refractivity (Wildman–Crippen MR) is 56.4 cm³/mol. The Morgan fingerprint density at radius 2 is 1.88 bits per heavy atom. The maximum absolute atomic E-state index is 13.6. The Balaban J connectivity index is 3.22. The van der Waals surface area contributed by atoms with Crippen molar-refractivity contribution < 1.29 is 18.7 Å². The summed E-state index contributed by atoms with van der Waals surface area (Å²) < 4.78 is 26.9. The first-order chi connectivity index (χ1) is 7.24. The lowest BCUT2D eigenvalue weighted by Crippen LogP contribution is -2.23. The van der Waals surface area contributed by atoms with Gasteiger partial charge in [0.15, 0.2) is 0 Å². The van der Waals surface area contributed by atoms with Crippen molar-refractivity contribution in [3.63, 3.8) is 0 Å². The molecule has 2 nitrogen and oxygen atoms in total. The number of hydrogen-bond donors (Lipinski definition) is 1. The quantitative estimate of drug-likeness (QED) is 0.863. The van der Waals surface area contributed by atoms with Crippen molar-refractivity contribution in [3.8, 4) is 0 Å². The molecule has 1 N–H and O–H groups in total. The lowest BCUT2D eigenvalue weighted by molar-refractivity contribution is -0.138. The highest BCUT2D eigenvalue weighted by molar-refractivity contribution is 5.68. The van der Waals surface area contributed by atoms with Crippen LogP contribution in [-0.4, -0.2) is 11.1 Å². The van der Waals surface area contributed by atoms with Crippen LogP contribution in [0.25, 0.3) is 0 Å². The largest absolute Gasteiger partial charge is 0.481 e. The van der Waals surface area contributed by atoms with E-state index in [0.717, 1.165) is 12.1 Å². The maximum atomic E-state index is 13.6. The number of halogens is 2. The van der Waals surface area contributed by atoms with E-state index in [1.165, 1.54) is 6.92 Å². The van der Waals surface area contributed by atoms with Gasteiger partial charge in [-0.15, -0.1) is 0 Å². The first-order valence-corrected chi connectivity index (χ1v) is 4.92. The van der Waals surface area contributed by atoms with Gasteiger partial charge in [-0.3, -0.25) is 4.79 Å². The number of carboxylic acids is 1. The SMILES string of the molecule is Cc1cc(F)c(C(C)(C)CC(=O)O)cc1F. The lowest BCUT2D eigenvalue weighted by Gasteiger charge is -2.24. The van der Waals surface area contributed by atoms with Gasteiger partial charge in [-0.25, -0.2) is 8.78 Å². The van der Waals surface area contributed by atoms with Crippen LogP contribution in [0.15, 0.2) is 12.1 Å². The summed E-state index contributed by atoms with van der Waals surface area (Å²) in [6, 6.07) is 2.17. The number of benzene rings is 1. The lowest BCUT2D eigenvalue weighted by atomic mass is 9.81. The summed E-state index contributed by atoms with van der Waals surface area (Å²) in [6.45, 7) is 4.62. The molecule has 16 heavy (non-hydrogen) atoms. The smallest absolute Gasteiger partial charge is 0.304 e. The second-order valence-corrected chi connectivity index (χ2v) is 4.54. The second-order valence-electron chi connectivity index (χ2n) is 4.54. The molecule has 1 rings (SSSR count). The van der Waals surface area contributed by atoms with Crippen LogP contribution in [-0.2, 0) is 10.2 Å². The van der Waals surface area contributed by atoms with Gasteiger partial charge in [0, 0.05) is 5.41 Å². The molecule has 0 aromatic heterocycles. The Labute approximate surface area is 92.9 Å². The number of carbonyl (C=O) groups is 1. The molecule has 4 heteroatoms. The maximum Gasteiger partial charge on any atom is 0.304 e. The molecule has 0 bridgehead atoms. The summed E-state index contributed by atoms with van der Waals surface area (Å²) in [4.78, 5) is 10.6. The second kappa shape index (κ2) is 4.20. The molecule has 0 atom stereocenters. The van der Waals surface area contributed by atoms with Crippen LogP contribution >= 0.6 is 0 Å². The zero-order valence-electron chi connectivity index (χ0n) is 9.47. The molecular weight excluding hydrogens is 214 g/mol. The molecule has 1 aromatic carbocycles. The van der Waals surface area contributed by atoms with Gasteiger partial charge in [0.2, 0.25) is 0 Å². The summed E-state index contributed by atoms with van der Waals surface area (Å²) in [5, 5.41) is 8.71. The van der Waals surface area contributed by atoms with Crippen molar-refractivity contribution in [2.45, 2.75) is 32.6 Å². The minimum absolute atomic E-state index is 0.0954. The fraction of sp³-hybridized carbons (Fsp3) is 0.417. The van der Waals surface area contributed by atoms with E-state index in [1.807, 2.05) is 0 Å². The van der Waals surface area contributed by atoms with Crippen molar-refractivity contribution in [3.05, 3.63) is 34.9 Å². The summed E-state index contributed by atoms with van der Waals surface area (Å²) >= 11 is 0. The average Bonchev–Trinajstić information content (AvgIpc) is 2.08. The summed E-state index contributed by atoms with van der Waals surface area (Å²) in [7, 11) is 0. The molecule has 0 aliphatic heterocycles. The molecule has 0 saturated carbocycles. The van der Waals surface area contributed by atoms with Gasteiger partial charge < -0.3 is 5.11 Å². The Morgan fingerprint density at radius 1 is 1.31 bits per heavy atom. The standard InChI is InChI=1S/C12H14F2O2/c1-7-4-10(14)8(5-9(7)13)12(2,3)6-11(15)16/h4-5H,6H2,1-3H3,(H,15,16). The summed E-state index contributed by atoms with van der Waals surface area (Å²) in [5.74, 6) is -2.12. The van der Waals surface area contributed by atoms with Gasteiger partial charge in [-0.05, 0) is 30.2 Å². The fourth-order valence-electron chi connectivity index (χ4n) is 1.64. The molecule has 0 amide bonds. The van der Waals surface area contributed by atoms with Crippen LogP contribution in [0, 0.1) is 18.6 Å². The third-order valence-electron chi connectivity index (χ3n) is 2.57. The van der Waals surface area contributed by atoms with Gasteiger partial charge in [-0.2, -0.15) is 0 Å². The van der Waals surface area contributed by atoms with Crippen LogP contribution in [0.3, 0.4) is 0 Å². The van der Waals surface area contributed by atoms with Crippen molar-refractivity contribution in [2.75, 3.05) is 0 Å². The molecule has 0 saturated heterocycles. The minimum Gasteiger partial charge on any atom is -0.481 e. The number of rotatable bonds is 3. The number of carboxylic acid groups (broad SMARTS) is 1. The molecule has 0 radical (unpaired) electrons. The summed E-state index contributed by atoms with van der Waals surface area (Å²) in [6.07, 6.45) is -0.244. The average molecular weight is 228 g/mol. The molecule has 0 heterocycles. The Bertz CT molecular complexity index is 425. The van der Waals surface area contributed by atoms with Gasteiger partial charge in [-0.1, -0.05) is 13.8 Å². The van der Waals surface area contributed by atoms with Crippen LogP contribution in [0.4, 0.5) is 8.78 Å². The first-order valence-electron chi connectivity index (χ1n) is 4.92. The number of aliphatic carboxylic acids is 1. The monoisotopic (exact) mass is 228 g/mol. The topological polar surface area (TPSA) is 37.3 Å². The highest BCUT2D eigenvalue weighted by Crippen LogP contribution is 2.30. The molecule has 0 aliphatic carbocycles. The Kier molecular flexibility index (Phi) is 3.31. The Hall–Kier alpha value is -1.45. The van der Waals surface area contributed by atoms with Crippen molar-refractivity contribution in [2.24, 2.45) is 0 Å². The zero-order valence-corrected chi connectivity index (χ0v) is 9.47. The first kappa shape index (κ1) is 12.6. The van der Waals surface area contributed by atoms with Crippen molar-refractivity contribution in [1.82, 2.24) is 0 Å². The molecular formula is C12H14F2O2. The molecule has 0 unspecified atom stereocenters. The molecule has 0 spiro atoms. The molecule has 88 valence electrons. The predicted octanol–water partition coefficient (Wildman–Crippen LogP) is 3.03. The van der Waals surface area contributed by atoms with E-state index in [9.17, 15) is 13.6 Å². The van der Waals surface area contributed by atoms with Gasteiger partial charge in [0.1, 0.15) is 11.6 Å². The van der Waals surface area contributed by atoms with Gasteiger partial charge in [0.25, 0.3) is 0 Å². The molecule has 1 aromatic rings. The highest BCUT2D eigenvalue weighted by Gasteiger charge is 2.28. The normalized spacial score (nSPS) is 11.6. The number of aryl methyl sites for hydroxylation is 1. The van der Waals surface area contributed by atoms with Crippen molar-refractivity contribution >= 4 is 5.97 Å². The van der Waals surface area contributed by atoms with Crippen LogP contribution in [0.5, 0.6) is 0 Å². The minimum atomic E-state index is -1.04. The van der Waals surface area contributed by atoms with Gasteiger partial charge >= 0.3 is 5.97 Å². The van der Waals surface area contributed by atoms with E-state index in [4.69, 9.17) is 5.11 Å². The third kappa shape index (κ3) is 2.56. The highest BCUT2D eigenvalue weighted by atomic mass is 19.1. The van der Waals surface area contributed by atoms with E-state index in [2.05, 4.69) is 0 Å². The van der Waals surface area contributed by atoms with E-state index in [0.29, 0.717) is 0 Å². The zero-order chi connectivity index (χ0) is 12.5. The van der Waals surface area contributed by atoms with Crippen LogP contribution < -0.4 is 0 Å². The fourth-order valence-corrected chi connectivity index (χ4v) is 1.64. The molecule has 0 fully saturated rings. The van der Waals surface area contributed by atoms with E-state index in [1.54, 1.807) is 13.8 Å². The number of hydrogen-bond acceptors (Lipinski definition) is 1. The third-order valence-corrected chi connectivity index (χ3v) is 2.57. The molecule has 0 aliphatic rings. The Morgan fingerprint density at radius 3 is 2.38 bits per heavy atom. The van der Waals surface area contributed by atoms with E-state index < -0.39 is 23.0 Å².